The molecule has 8 atom stereocenters. The SMILES string of the molecule is CC(=O)N[C@@H]1[C@H](OCc2ccccc2)O[C@@H]2CO[C@@H](c3ccccc3)O[C@H]2[C@H]1O[C@H](C)C(=O)N[C@H](C)C(=O)OCc1ccccc1. The summed E-state index contributed by atoms with van der Waals surface area (Å²) in [5, 5.41) is 5.57. The van der Waals surface area contributed by atoms with E-state index < -0.39 is 61.0 Å². The molecular weight excluding hydrogens is 592 g/mol. The van der Waals surface area contributed by atoms with Crippen LogP contribution in [0, 0.1) is 0 Å². The predicted molar refractivity (Wildman–Crippen MR) is 166 cm³/mol. The molecule has 2 amide bonds. The second-order valence-corrected chi connectivity index (χ2v) is 11.3. The van der Waals surface area contributed by atoms with E-state index in [-0.39, 0.29) is 25.7 Å². The molecule has 11 heteroatoms. The van der Waals surface area contributed by atoms with Gasteiger partial charge in [0.15, 0.2) is 12.6 Å². The molecule has 0 radical (unpaired) electrons. The minimum atomic E-state index is -1.05. The van der Waals surface area contributed by atoms with Crippen molar-refractivity contribution in [2.45, 2.75) is 83.1 Å². The monoisotopic (exact) mass is 632 g/mol. The zero-order chi connectivity index (χ0) is 32.5. The number of carbonyl (C=O) groups excluding carboxylic acids is 3. The van der Waals surface area contributed by atoms with Crippen LogP contribution in [0.3, 0.4) is 0 Å². The van der Waals surface area contributed by atoms with E-state index in [1.807, 2.05) is 91.0 Å². The van der Waals surface area contributed by atoms with Gasteiger partial charge in [0.1, 0.15) is 43.1 Å². The van der Waals surface area contributed by atoms with Crippen LogP contribution < -0.4 is 10.6 Å². The van der Waals surface area contributed by atoms with Gasteiger partial charge in [-0.1, -0.05) is 91.0 Å². The van der Waals surface area contributed by atoms with Crippen molar-refractivity contribution in [3.63, 3.8) is 0 Å². The molecule has 2 saturated heterocycles. The van der Waals surface area contributed by atoms with E-state index in [0.29, 0.717) is 0 Å². The number of carbonyl (C=O) groups is 3. The highest BCUT2D eigenvalue weighted by Crippen LogP contribution is 2.36. The highest BCUT2D eigenvalue weighted by molar-refractivity contribution is 5.86. The predicted octanol–water partition coefficient (Wildman–Crippen LogP) is 3.57. The van der Waals surface area contributed by atoms with Crippen LogP contribution in [0.5, 0.6) is 0 Å². The minimum Gasteiger partial charge on any atom is -0.459 e. The molecule has 0 bridgehead atoms. The van der Waals surface area contributed by atoms with Crippen LogP contribution in [0.25, 0.3) is 0 Å². The number of fused-ring (bicyclic) bond motifs is 1. The normalized spacial score (nSPS) is 25.4. The average Bonchev–Trinajstić information content (AvgIpc) is 3.08. The third-order valence-electron chi connectivity index (χ3n) is 7.70. The maximum absolute atomic E-state index is 13.3. The minimum absolute atomic E-state index is 0.0852. The van der Waals surface area contributed by atoms with E-state index in [0.717, 1.165) is 16.7 Å². The van der Waals surface area contributed by atoms with Crippen molar-refractivity contribution < 1.29 is 42.8 Å². The van der Waals surface area contributed by atoms with Crippen molar-refractivity contribution in [2.24, 2.45) is 0 Å². The summed E-state index contributed by atoms with van der Waals surface area (Å²) in [6, 6.07) is 26.5. The molecule has 2 aliphatic heterocycles. The Morgan fingerprint density at radius 3 is 2.09 bits per heavy atom. The zero-order valence-corrected chi connectivity index (χ0v) is 26.1. The van der Waals surface area contributed by atoms with Crippen molar-refractivity contribution in [3.05, 3.63) is 108 Å². The maximum atomic E-state index is 13.3. The first-order valence-electron chi connectivity index (χ1n) is 15.3. The third-order valence-corrected chi connectivity index (χ3v) is 7.70. The second kappa shape index (κ2) is 15.9. The molecule has 244 valence electrons. The summed E-state index contributed by atoms with van der Waals surface area (Å²) in [6.07, 6.45) is -4.98. The number of hydrogen-bond acceptors (Lipinski definition) is 9. The molecule has 0 saturated carbocycles. The van der Waals surface area contributed by atoms with Crippen molar-refractivity contribution in [3.8, 4) is 0 Å². The molecule has 5 rings (SSSR count). The van der Waals surface area contributed by atoms with Crippen molar-refractivity contribution in [2.75, 3.05) is 6.61 Å². The van der Waals surface area contributed by atoms with Gasteiger partial charge in [0.2, 0.25) is 11.8 Å². The fourth-order valence-electron chi connectivity index (χ4n) is 5.34. The topological polar surface area (TPSA) is 131 Å². The van der Waals surface area contributed by atoms with Gasteiger partial charge in [-0.25, -0.2) is 4.79 Å². The molecule has 2 N–H and O–H groups in total. The Labute approximate surface area is 268 Å². The first-order chi connectivity index (χ1) is 22.3. The van der Waals surface area contributed by atoms with E-state index in [1.165, 1.54) is 6.92 Å². The van der Waals surface area contributed by atoms with Gasteiger partial charge in [-0.15, -0.1) is 0 Å². The number of benzene rings is 3. The average molecular weight is 633 g/mol. The molecule has 11 nitrogen and oxygen atoms in total. The molecule has 0 aliphatic carbocycles. The lowest BCUT2D eigenvalue weighted by Crippen LogP contribution is -2.68. The lowest BCUT2D eigenvalue weighted by molar-refractivity contribution is -0.351. The van der Waals surface area contributed by atoms with Gasteiger partial charge in [-0.3, -0.25) is 9.59 Å². The highest BCUT2D eigenvalue weighted by Gasteiger charge is 2.52. The van der Waals surface area contributed by atoms with Crippen LogP contribution in [0.4, 0.5) is 0 Å². The summed E-state index contributed by atoms with van der Waals surface area (Å²) in [7, 11) is 0. The first kappa shape index (κ1) is 33.2. The Morgan fingerprint density at radius 1 is 0.848 bits per heavy atom. The standard InChI is InChI=1S/C35H40N2O9/c1-22(33(40)41-19-25-13-7-4-8-14-25)36-32(39)23(2)44-31-29(37-24(3)38)35(42-20-26-15-9-5-10-16-26)45-28-21-43-34(46-30(28)31)27-17-11-6-12-18-27/h4-18,22-23,28-31,34-35H,19-21H2,1-3H3,(H,36,39)(H,37,38)/t22-,23-,28-,29+,30-,31+,34-,35-/m1/s1. The quantitative estimate of drug-likeness (QED) is 0.288. The highest BCUT2D eigenvalue weighted by atomic mass is 16.8. The number of amides is 2. The van der Waals surface area contributed by atoms with E-state index in [4.69, 9.17) is 28.4 Å². The van der Waals surface area contributed by atoms with E-state index in [1.54, 1.807) is 13.8 Å². The number of nitrogens with one attached hydrogen (secondary N) is 2. The third kappa shape index (κ3) is 8.77. The molecule has 2 aliphatic rings. The second-order valence-electron chi connectivity index (χ2n) is 11.3. The van der Waals surface area contributed by atoms with Gasteiger partial charge in [0.05, 0.1) is 13.2 Å². The van der Waals surface area contributed by atoms with Crippen LogP contribution >= 0.6 is 0 Å². The summed E-state index contributed by atoms with van der Waals surface area (Å²) >= 11 is 0. The van der Waals surface area contributed by atoms with Gasteiger partial charge in [0, 0.05) is 12.5 Å². The molecule has 0 aromatic heterocycles. The van der Waals surface area contributed by atoms with Gasteiger partial charge < -0.3 is 39.1 Å². The summed E-state index contributed by atoms with van der Waals surface area (Å²) < 4.78 is 36.7. The number of esters is 1. The molecule has 3 aromatic rings. The lowest BCUT2D eigenvalue weighted by Gasteiger charge is -2.49. The largest absolute Gasteiger partial charge is 0.459 e. The van der Waals surface area contributed by atoms with E-state index in [9.17, 15) is 14.4 Å². The molecule has 0 unspecified atom stereocenters. The van der Waals surface area contributed by atoms with Crippen molar-refractivity contribution in [1.29, 1.82) is 0 Å². The van der Waals surface area contributed by atoms with E-state index in [2.05, 4.69) is 10.6 Å². The smallest absolute Gasteiger partial charge is 0.328 e. The zero-order valence-electron chi connectivity index (χ0n) is 26.1. The van der Waals surface area contributed by atoms with Crippen LogP contribution in [0.15, 0.2) is 91.0 Å². The molecule has 0 spiro atoms. The molecule has 2 heterocycles. The number of rotatable bonds is 12. The van der Waals surface area contributed by atoms with Crippen LogP contribution in [0.2, 0.25) is 0 Å². The van der Waals surface area contributed by atoms with Gasteiger partial charge >= 0.3 is 5.97 Å². The Morgan fingerprint density at radius 2 is 1.46 bits per heavy atom. The van der Waals surface area contributed by atoms with Crippen molar-refractivity contribution in [1.82, 2.24) is 10.6 Å². The van der Waals surface area contributed by atoms with Gasteiger partial charge in [-0.2, -0.15) is 0 Å². The number of hydrogen-bond donors (Lipinski definition) is 2. The fraction of sp³-hybridized carbons (Fsp3) is 0.400. The van der Waals surface area contributed by atoms with E-state index >= 15 is 0 Å². The fourth-order valence-corrected chi connectivity index (χ4v) is 5.34. The first-order valence-corrected chi connectivity index (χ1v) is 15.3. The Balaban J connectivity index is 1.31. The maximum Gasteiger partial charge on any atom is 0.328 e. The Bertz CT molecular complexity index is 1430. The molecule has 46 heavy (non-hydrogen) atoms. The molecule has 3 aromatic carbocycles. The van der Waals surface area contributed by atoms with Crippen molar-refractivity contribution >= 4 is 17.8 Å². The molecule has 2 fully saturated rings. The summed E-state index contributed by atoms with van der Waals surface area (Å²) in [5.41, 5.74) is 2.54. The van der Waals surface area contributed by atoms with Gasteiger partial charge in [-0.05, 0) is 25.0 Å². The van der Waals surface area contributed by atoms with Crippen LogP contribution in [-0.2, 0) is 56.0 Å². The lowest BCUT2D eigenvalue weighted by atomic mass is 9.95. The Kier molecular flexibility index (Phi) is 11.5. The van der Waals surface area contributed by atoms with Gasteiger partial charge in [0.25, 0.3) is 0 Å². The summed E-state index contributed by atoms with van der Waals surface area (Å²) in [6.45, 7) is 4.95. The summed E-state index contributed by atoms with van der Waals surface area (Å²) in [4.78, 5) is 38.4. The Hall–Kier alpha value is -4.13. The molecular formula is C35H40N2O9. The summed E-state index contributed by atoms with van der Waals surface area (Å²) in [5.74, 6) is -1.46. The van der Waals surface area contributed by atoms with Crippen LogP contribution in [0.1, 0.15) is 43.8 Å². The number of ether oxygens (including phenoxy) is 6. The van der Waals surface area contributed by atoms with Crippen LogP contribution in [-0.4, -0.2) is 67.2 Å².